The molecule has 120 valence electrons. The van der Waals surface area contributed by atoms with Crippen LogP contribution in [0.2, 0.25) is 0 Å². The predicted octanol–water partition coefficient (Wildman–Crippen LogP) is 2.44. The normalized spacial score (nSPS) is 27.9. The zero-order valence-corrected chi connectivity index (χ0v) is 13.4. The first-order valence-electron chi connectivity index (χ1n) is 8.27. The van der Waals surface area contributed by atoms with Crippen LogP contribution in [0.25, 0.3) is 0 Å². The van der Waals surface area contributed by atoms with E-state index >= 15 is 0 Å². The summed E-state index contributed by atoms with van der Waals surface area (Å²) in [5.41, 5.74) is 2.03. The van der Waals surface area contributed by atoms with Crippen LogP contribution in [0.1, 0.15) is 43.4 Å². The molecule has 0 aromatic heterocycles. The summed E-state index contributed by atoms with van der Waals surface area (Å²) in [7, 11) is 0. The van der Waals surface area contributed by atoms with Crippen molar-refractivity contribution >= 4 is 5.91 Å². The lowest BCUT2D eigenvalue weighted by atomic mass is 9.88. The number of carbonyl (C=O) groups is 1. The summed E-state index contributed by atoms with van der Waals surface area (Å²) in [6, 6.07) is 7.83. The number of nitrogens with zero attached hydrogens (tertiary/aromatic N) is 1. The number of hydrogen-bond donors (Lipinski definition) is 1. The number of amides is 1. The highest BCUT2D eigenvalue weighted by atomic mass is 16.5. The Morgan fingerprint density at radius 1 is 1.36 bits per heavy atom. The molecule has 0 saturated carbocycles. The van der Waals surface area contributed by atoms with E-state index in [1.165, 1.54) is 5.56 Å². The lowest BCUT2D eigenvalue weighted by molar-refractivity contribution is -0.138. The molecule has 1 aromatic rings. The molecule has 2 saturated heterocycles. The Kier molecular flexibility index (Phi) is 4.50. The first-order chi connectivity index (χ1) is 10.6. The van der Waals surface area contributed by atoms with E-state index in [0.717, 1.165) is 24.8 Å². The Labute approximate surface area is 132 Å². The molecule has 2 fully saturated rings. The van der Waals surface area contributed by atoms with Gasteiger partial charge in [-0.05, 0) is 38.7 Å². The maximum absolute atomic E-state index is 12.7. The molecule has 1 N–H and O–H groups in total. The number of benzene rings is 1. The molecule has 1 aromatic carbocycles. The number of carbonyl (C=O) groups excluding carboxylic acids is 1. The number of ether oxygens (including phenoxy) is 1. The first-order valence-corrected chi connectivity index (χ1v) is 8.27. The van der Waals surface area contributed by atoms with Crippen LogP contribution in [-0.4, -0.2) is 41.2 Å². The quantitative estimate of drug-likeness (QED) is 0.909. The molecule has 2 aliphatic heterocycles. The molecule has 0 aliphatic carbocycles. The van der Waals surface area contributed by atoms with E-state index in [0.29, 0.717) is 13.1 Å². The maximum atomic E-state index is 12.7. The van der Waals surface area contributed by atoms with Gasteiger partial charge < -0.3 is 14.7 Å². The van der Waals surface area contributed by atoms with Gasteiger partial charge in [-0.2, -0.15) is 0 Å². The molecule has 2 bridgehead atoms. The average molecular weight is 303 g/mol. The molecule has 4 unspecified atom stereocenters. The van der Waals surface area contributed by atoms with E-state index in [9.17, 15) is 9.90 Å². The molecule has 2 aliphatic rings. The van der Waals surface area contributed by atoms with Crippen LogP contribution in [0.15, 0.2) is 24.3 Å². The molecule has 4 nitrogen and oxygen atoms in total. The van der Waals surface area contributed by atoms with Crippen LogP contribution in [-0.2, 0) is 9.53 Å². The molecule has 2 heterocycles. The van der Waals surface area contributed by atoms with Crippen LogP contribution in [0.3, 0.4) is 0 Å². The number of likely N-dealkylation sites (N-methyl/N-ethyl adjacent to an activating group) is 1. The number of hydrogen-bond acceptors (Lipinski definition) is 3. The van der Waals surface area contributed by atoms with Crippen molar-refractivity contribution in [1.29, 1.82) is 0 Å². The largest absolute Gasteiger partial charge is 0.387 e. The van der Waals surface area contributed by atoms with Gasteiger partial charge >= 0.3 is 0 Å². The minimum Gasteiger partial charge on any atom is -0.387 e. The number of aliphatic hydroxyl groups excluding tert-OH is 1. The van der Waals surface area contributed by atoms with E-state index < -0.39 is 6.10 Å². The molecular weight excluding hydrogens is 278 g/mol. The highest BCUT2D eigenvalue weighted by molar-refractivity contribution is 5.80. The summed E-state index contributed by atoms with van der Waals surface area (Å²) in [6.07, 6.45) is 2.68. The van der Waals surface area contributed by atoms with Crippen LogP contribution < -0.4 is 0 Å². The molecule has 0 radical (unpaired) electrons. The smallest absolute Gasteiger partial charge is 0.228 e. The fourth-order valence-electron chi connectivity index (χ4n) is 3.61. The lowest BCUT2D eigenvalue weighted by Crippen LogP contribution is -2.41. The Balaban J connectivity index is 1.63. The van der Waals surface area contributed by atoms with Crippen LogP contribution in [0, 0.1) is 12.8 Å². The molecule has 4 heteroatoms. The van der Waals surface area contributed by atoms with Crippen LogP contribution in [0.5, 0.6) is 0 Å². The van der Waals surface area contributed by atoms with Crippen molar-refractivity contribution in [3.05, 3.63) is 35.4 Å². The van der Waals surface area contributed by atoms with Gasteiger partial charge in [-0.25, -0.2) is 0 Å². The minimum atomic E-state index is -0.635. The Morgan fingerprint density at radius 3 is 2.64 bits per heavy atom. The monoisotopic (exact) mass is 303 g/mol. The van der Waals surface area contributed by atoms with Crippen molar-refractivity contribution in [3.63, 3.8) is 0 Å². The summed E-state index contributed by atoms with van der Waals surface area (Å²) in [5, 5.41) is 10.4. The fourth-order valence-corrected chi connectivity index (χ4v) is 3.61. The van der Waals surface area contributed by atoms with Gasteiger partial charge in [0.2, 0.25) is 5.91 Å². The number of aliphatic hydroxyl groups is 1. The van der Waals surface area contributed by atoms with Crippen molar-refractivity contribution in [2.24, 2.45) is 5.92 Å². The second-order valence-electron chi connectivity index (χ2n) is 6.52. The standard InChI is InChI=1S/C18H25NO3/c1-3-19(11-16(20)13-6-4-12(2)5-7-13)18(21)15-10-14-8-9-17(15)22-14/h4-7,14-17,20H,3,8-11H2,1-2H3. The lowest BCUT2D eigenvalue weighted by Gasteiger charge is -2.29. The van der Waals surface area contributed by atoms with Gasteiger partial charge in [0, 0.05) is 6.54 Å². The summed E-state index contributed by atoms with van der Waals surface area (Å²) in [4.78, 5) is 14.5. The Morgan fingerprint density at radius 2 is 2.09 bits per heavy atom. The fraction of sp³-hybridized carbons (Fsp3) is 0.611. The van der Waals surface area contributed by atoms with Crippen LogP contribution in [0.4, 0.5) is 0 Å². The van der Waals surface area contributed by atoms with Crippen molar-refractivity contribution in [2.75, 3.05) is 13.1 Å². The molecule has 0 spiro atoms. The van der Waals surface area contributed by atoms with E-state index in [1.54, 1.807) is 4.90 Å². The average Bonchev–Trinajstić information content (AvgIpc) is 3.15. The van der Waals surface area contributed by atoms with E-state index in [-0.39, 0.29) is 24.0 Å². The second kappa shape index (κ2) is 6.39. The third kappa shape index (κ3) is 3.03. The molecule has 4 atom stereocenters. The van der Waals surface area contributed by atoms with Crippen molar-refractivity contribution in [3.8, 4) is 0 Å². The van der Waals surface area contributed by atoms with Gasteiger partial charge in [-0.15, -0.1) is 0 Å². The number of fused-ring (bicyclic) bond motifs is 2. The van der Waals surface area contributed by atoms with Gasteiger partial charge in [0.25, 0.3) is 0 Å². The van der Waals surface area contributed by atoms with Crippen molar-refractivity contribution in [1.82, 2.24) is 4.90 Å². The van der Waals surface area contributed by atoms with Gasteiger partial charge in [0.15, 0.2) is 0 Å². The highest BCUT2D eigenvalue weighted by Gasteiger charge is 2.45. The third-order valence-electron chi connectivity index (χ3n) is 4.97. The minimum absolute atomic E-state index is 0.0103. The summed E-state index contributed by atoms with van der Waals surface area (Å²) in [5.74, 6) is 0.129. The highest BCUT2D eigenvalue weighted by Crippen LogP contribution is 2.39. The predicted molar refractivity (Wildman–Crippen MR) is 84.4 cm³/mol. The number of aryl methyl sites for hydroxylation is 1. The Hall–Kier alpha value is -1.39. The Bertz CT molecular complexity index is 528. The zero-order valence-electron chi connectivity index (χ0n) is 13.4. The zero-order chi connectivity index (χ0) is 15.7. The molecule has 22 heavy (non-hydrogen) atoms. The van der Waals surface area contributed by atoms with Crippen molar-refractivity contribution < 1.29 is 14.6 Å². The maximum Gasteiger partial charge on any atom is 0.228 e. The summed E-state index contributed by atoms with van der Waals surface area (Å²) >= 11 is 0. The summed E-state index contributed by atoms with van der Waals surface area (Å²) in [6.45, 7) is 4.96. The second-order valence-corrected chi connectivity index (χ2v) is 6.52. The SMILES string of the molecule is CCN(CC(O)c1ccc(C)cc1)C(=O)C1CC2CCC1O2. The molecule has 3 rings (SSSR count). The van der Waals surface area contributed by atoms with E-state index in [4.69, 9.17) is 4.74 Å². The van der Waals surface area contributed by atoms with E-state index in [2.05, 4.69) is 0 Å². The van der Waals surface area contributed by atoms with Gasteiger partial charge in [0.05, 0.1) is 30.8 Å². The molecular formula is C18H25NO3. The van der Waals surface area contributed by atoms with Crippen molar-refractivity contribution in [2.45, 2.75) is 51.4 Å². The summed E-state index contributed by atoms with van der Waals surface area (Å²) < 4.78 is 5.79. The molecule has 1 amide bonds. The van der Waals surface area contributed by atoms with Gasteiger partial charge in [-0.3, -0.25) is 4.79 Å². The number of rotatable bonds is 5. The topological polar surface area (TPSA) is 49.8 Å². The third-order valence-corrected chi connectivity index (χ3v) is 4.97. The first kappa shape index (κ1) is 15.5. The van der Waals surface area contributed by atoms with E-state index in [1.807, 2.05) is 38.1 Å². The van der Waals surface area contributed by atoms with Crippen LogP contribution >= 0.6 is 0 Å². The van der Waals surface area contributed by atoms with Gasteiger partial charge in [0.1, 0.15) is 0 Å². The van der Waals surface area contributed by atoms with Gasteiger partial charge in [-0.1, -0.05) is 29.8 Å².